The molecule has 2 rings (SSSR count). The van der Waals surface area contributed by atoms with Gasteiger partial charge in [0, 0.05) is 19.0 Å². The molecule has 0 saturated carbocycles. The summed E-state index contributed by atoms with van der Waals surface area (Å²) in [5.41, 5.74) is 0.901. The third-order valence-electron chi connectivity index (χ3n) is 5.20. The summed E-state index contributed by atoms with van der Waals surface area (Å²) < 4.78 is 27.3. The maximum atomic E-state index is 12.7. The number of carboxylic acids is 2. The van der Waals surface area contributed by atoms with Crippen LogP contribution in [-0.4, -0.2) is 72.5 Å². The number of aliphatic carboxylic acids is 2. The molecule has 0 aliphatic carbocycles. The zero-order chi connectivity index (χ0) is 24.1. The van der Waals surface area contributed by atoms with Crippen molar-refractivity contribution in [2.75, 3.05) is 13.1 Å². The van der Waals surface area contributed by atoms with Crippen molar-refractivity contribution >= 4 is 33.8 Å². The average Bonchev–Trinajstić information content (AvgIpc) is 2.72. The van der Waals surface area contributed by atoms with E-state index in [-0.39, 0.29) is 30.8 Å². The van der Waals surface area contributed by atoms with Crippen LogP contribution in [0.25, 0.3) is 0 Å². The Hall–Kier alpha value is -2.99. The molecule has 0 unspecified atom stereocenters. The predicted molar refractivity (Wildman–Crippen MR) is 112 cm³/mol. The highest BCUT2D eigenvalue weighted by atomic mass is 32.2. The molecule has 0 spiro atoms. The Morgan fingerprint density at radius 3 is 2.16 bits per heavy atom. The highest BCUT2D eigenvalue weighted by Crippen LogP contribution is 2.19. The summed E-state index contributed by atoms with van der Waals surface area (Å²) in [6.45, 7) is 3.64. The Bertz CT molecular complexity index is 969. The number of amides is 2. The van der Waals surface area contributed by atoms with Gasteiger partial charge in [0.1, 0.15) is 6.04 Å². The number of carbonyl (C=O) groups excluding carboxylic acids is 2. The second-order valence-electron chi connectivity index (χ2n) is 7.75. The van der Waals surface area contributed by atoms with Crippen LogP contribution in [0.15, 0.2) is 29.2 Å². The van der Waals surface area contributed by atoms with Crippen molar-refractivity contribution in [3.63, 3.8) is 0 Å². The molecule has 4 N–H and O–H groups in total. The number of nitrogens with one attached hydrogen (secondary N) is 2. The lowest BCUT2D eigenvalue weighted by atomic mass is 9.95. The van der Waals surface area contributed by atoms with Crippen LogP contribution in [0.5, 0.6) is 0 Å². The second kappa shape index (κ2) is 10.6. The molecule has 0 bridgehead atoms. The summed E-state index contributed by atoms with van der Waals surface area (Å²) in [4.78, 5) is 48.3. The fraction of sp³-hybridized carbons (Fsp3) is 0.500. The Morgan fingerprint density at radius 2 is 1.66 bits per heavy atom. The van der Waals surface area contributed by atoms with Crippen LogP contribution in [0.4, 0.5) is 0 Å². The molecule has 1 aromatic rings. The number of aryl methyl sites for hydroxylation is 1. The van der Waals surface area contributed by atoms with Gasteiger partial charge >= 0.3 is 11.9 Å². The Morgan fingerprint density at radius 1 is 1.09 bits per heavy atom. The molecule has 1 aliphatic heterocycles. The third kappa shape index (κ3) is 6.76. The van der Waals surface area contributed by atoms with E-state index in [0.29, 0.717) is 0 Å². The molecule has 2 atom stereocenters. The van der Waals surface area contributed by atoms with Crippen LogP contribution < -0.4 is 10.0 Å². The Balaban J connectivity index is 1.91. The number of sulfonamides is 1. The summed E-state index contributed by atoms with van der Waals surface area (Å²) >= 11 is 0. The summed E-state index contributed by atoms with van der Waals surface area (Å²) in [6, 6.07) is 3.67. The van der Waals surface area contributed by atoms with Crippen LogP contribution in [0.2, 0.25) is 0 Å². The molecule has 11 nitrogen and oxygen atoms in total. The standard InChI is InChI=1S/C20H27N3O8S/c1-12-3-5-15(6-4-12)32(30,31)22-13(2)19(27)23-9-7-14(8-10-23)18(26)21-16(20(28)29)11-17(24)25/h3-6,13-14,16,22H,7-11H2,1-2H3,(H,21,26)(H,24,25)(H,28,29)/t13-,16-/m0/s1. The average molecular weight is 470 g/mol. The van der Waals surface area contributed by atoms with Gasteiger partial charge in [-0.3, -0.25) is 14.4 Å². The zero-order valence-electron chi connectivity index (χ0n) is 17.8. The normalized spacial score (nSPS) is 16.8. The first-order valence-electron chi connectivity index (χ1n) is 10.0. The molecule has 2 amide bonds. The molecule has 176 valence electrons. The molecule has 1 saturated heterocycles. The maximum absolute atomic E-state index is 12.7. The van der Waals surface area contributed by atoms with E-state index in [4.69, 9.17) is 10.2 Å². The monoisotopic (exact) mass is 469 g/mol. The smallest absolute Gasteiger partial charge is 0.326 e. The fourth-order valence-electron chi connectivity index (χ4n) is 3.37. The summed E-state index contributed by atoms with van der Waals surface area (Å²) in [7, 11) is -3.88. The number of piperidine rings is 1. The number of hydrogen-bond acceptors (Lipinski definition) is 6. The van der Waals surface area contributed by atoms with Gasteiger partial charge in [-0.2, -0.15) is 4.72 Å². The van der Waals surface area contributed by atoms with Crippen LogP contribution in [-0.2, 0) is 29.2 Å². The second-order valence-corrected chi connectivity index (χ2v) is 9.47. The van der Waals surface area contributed by atoms with Crippen LogP contribution in [0.3, 0.4) is 0 Å². The van der Waals surface area contributed by atoms with E-state index in [1.165, 1.54) is 24.0 Å². The predicted octanol–water partition coefficient (Wildman–Crippen LogP) is -0.0555. The van der Waals surface area contributed by atoms with E-state index >= 15 is 0 Å². The summed E-state index contributed by atoms with van der Waals surface area (Å²) in [5, 5.41) is 20.0. The number of nitrogens with zero attached hydrogens (tertiary/aromatic N) is 1. The van der Waals surface area contributed by atoms with Crippen molar-refractivity contribution in [2.45, 2.75) is 50.1 Å². The van der Waals surface area contributed by atoms with E-state index in [1.807, 2.05) is 6.92 Å². The topological polar surface area (TPSA) is 170 Å². The lowest BCUT2D eigenvalue weighted by molar-refractivity contribution is -0.148. The highest BCUT2D eigenvalue weighted by Gasteiger charge is 2.33. The molecule has 1 fully saturated rings. The maximum Gasteiger partial charge on any atom is 0.326 e. The van der Waals surface area contributed by atoms with Gasteiger partial charge in [0.2, 0.25) is 21.8 Å². The number of likely N-dealkylation sites (tertiary alicyclic amines) is 1. The Labute approximate surface area is 185 Å². The number of hydrogen-bond donors (Lipinski definition) is 4. The van der Waals surface area contributed by atoms with E-state index in [1.54, 1.807) is 12.1 Å². The van der Waals surface area contributed by atoms with E-state index in [9.17, 15) is 27.6 Å². The van der Waals surface area contributed by atoms with Gasteiger partial charge < -0.3 is 20.4 Å². The number of benzene rings is 1. The fourth-order valence-corrected chi connectivity index (χ4v) is 4.57. The van der Waals surface area contributed by atoms with Gasteiger partial charge in [0.15, 0.2) is 0 Å². The summed E-state index contributed by atoms with van der Waals surface area (Å²) in [5.74, 6) is -4.38. The molecule has 0 radical (unpaired) electrons. The zero-order valence-corrected chi connectivity index (χ0v) is 18.6. The van der Waals surface area contributed by atoms with Crippen molar-refractivity contribution in [2.24, 2.45) is 5.92 Å². The first kappa shape index (κ1) is 25.3. The van der Waals surface area contributed by atoms with Gasteiger partial charge in [0.25, 0.3) is 0 Å². The van der Waals surface area contributed by atoms with Crippen molar-refractivity contribution in [1.82, 2.24) is 14.9 Å². The molecular weight excluding hydrogens is 442 g/mol. The van der Waals surface area contributed by atoms with Crippen molar-refractivity contribution in [1.29, 1.82) is 0 Å². The van der Waals surface area contributed by atoms with Crippen LogP contribution in [0, 0.1) is 12.8 Å². The first-order chi connectivity index (χ1) is 14.9. The lowest BCUT2D eigenvalue weighted by Gasteiger charge is -2.33. The SMILES string of the molecule is Cc1ccc(S(=O)(=O)N[C@@H](C)C(=O)N2CCC(C(=O)N[C@@H](CC(=O)O)C(=O)O)CC2)cc1. The van der Waals surface area contributed by atoms with Crippen LogP contribution >= 0.6 is 0 Å². The summed E-state index contributed by atoms with van der Waals surface area (Å²) in [6.07, 6.45) is -0.250. The van der Waals surface area contributed by atoms with E-state index < -0.39 is 58.2 Å². The largest absolute Gasteiger partial charge is 0.481 e. The molecule has 12 heteroatoms. The minimum Gasteiger partial charge on any atom is -0.481 e. The number of rotatable bonds is 9. The first-order valence-corrected chi connectivity index (χ1v) is 11.5. The van der Waals surface area contributed by atoms with Crippen molar-refractivity contribution < 1.29 is 37.8 Å². The van der Waals surface area contributed by atoms with Gasteiger partial charge in [-0.1, -0.05) is 17.7 Å². The van der Waals surface area contributed by atoms with Gasteiger partial charge in [0.05, 0.1) is 17.4 Å². The van der Waals surface area contributed by atoms with Gasteiger partial charge in [-0.05, 0) is 38.8 Å². The van der Waals surface area contributed by atoms with Gasteiger partial charge in [-0.15, -0.1) is 0 Å². The van der Waals surface area contributed by atoms with Gasteiger partial charge in [-0.25, -0.2) is 13.2 Å². The Kier molecular flexibility index (Phi) is 8.33. The third-order valence-corrected chi connectivity index (χ3v) is 6.76. The van der Waals surface area contributed by atoms with Crippen molar-refractivity contribution in [3.05, 3.63) is 29.8 Å². The molecule has 1 aliphatic rings. The molecule has 1 heterocycles. The molecule has 0 aromatic heterocycles. The minimum absolute atomic E-state index is 0.0486. The van der Waals surface area contributed by atoms with Crippen LogP contribution in [0.1, 0.15) is 31.7 Å². The molecular formula is C20H27N3O8S. The molecule has 1 aromatic carbocycles. The van der Waals surface area contributed by atoms with E-state index in [0.717, 1.165) is 5.56 Å². The van der Waals surface area contributed by atoms with E-state index in [2.05, 4.69) is 10.0 Å². The molecule has 32 heavy (non-hydrogen) atoms. The minimum atomic E-state index is -3.88. The lowest BCUT2D eigenvalue weighted by Crippen LogP contribution is -2.51. The van der Waals surface area contributed by atoms with Crippen molar-refractivity contribution in [3.8, 4) is 0 Å². The highest BCUT2D eigenvalue weighted by molar-refractivity contribution is 7.89. The number of carbonyl (C=O) groups is 4. The quantitative estimate of drug-likeness (QED) is 0.390. The number of carboxylic acid groups (broad SMARTS) is 2.